The van der Waals surface area contributed by atoms with Crippen LogP contribution in [0.4, 0.5) is 0 Å². The van der Waals surface area contributed by atoms with Gasteiger partial charge in [-0.25, -0.2) is 9.78 Å². The fourth-order valence-corrected chi connectivity index (χ4v) is 1.92. The first-order valence-corrected chi connectivity index (χ1v) is 6.18. The molecular formula is C13H19N3O2. The number of fused-ring (bicyclic) bond motifs is 1. The smallest absolute Gasteiger partial charge is 0.406 e. The van der Waals surface area contributed by atoms with Crippen molar-refractivity contribution in [2.45, 2.75) is 33.2 Å². The van der Waals surface area contributed by atoms with Crippen LogP contribution >= 0.6 is 0 Å². The number of nitrogens with two attached hydrogens (primary N) is 1. The summed E-state index contributed by atoms with van der Waals surface area (Å²) >= 11 is 0. The maximum absolute atomic E-state index is 11.7. The zero-order chi connectivity index (χ0) is 13.2. The van der Waals surface area contributed by atoms with Gasteiger partial charge in [0, 0.05) is 12.7 Å². The van der Waals surface area contributed by atoms with Crippen LogP contribution in [-0.4, -0.2) is 16.1 Å². The Hall–Kier alpha value is -1.62. The Morgan fingerprint density at radius 1 is 1.50 bits per heavy atom. The molecule has 0 saturated heterocycles. The van der Waals surface area contributed by atoms with Gasteiger partial charge in [0.1, 0.15) is 0 Å². The SMILES string of the molecule is CC(C)(CN)CCCn1c(=O)oc2cccnc21. The molecule has 0 aromatic carbocycles. The molecule has 0 aliphatic carbocycles. The Kier molecular flexibility index (Phi) is 3.52. The average molecular weight is 249 g/mol. The van der Waals surface area contributed by atoms with Crippen molar-refractivity contribution in [2.75, 3.05) is 6.54 Å². The molecule has 0 bridgehead atoms. The van der Waals surface area contributed by atoms with Crippen molar-refractivity contribution in [2.24, 2.45) is 11.1 Å². The van der Waals surface area contributed by atoms with E-state index in [0.717, 1.165) is 12.8 Å². The van der Waals surface area contributed by atoms with Crippen molar-refractivity contribution in [3.63, 3.8) is 0 Å². The van der Waals surface area contributed by atoms with E-state index < -0.39 is 0 Å². The van der Waals surface area contributed by atoms with Crippen LogP contribution in [0.5, 0.6) is 0 Å². The minimum atomic E-state index is -0.339. The largest absolute Gasteiger partial charge is 0.421 e. The molecule has 5 nitrogen and oxygen atoms in total. The van der Waals surface area contributed by atoms with E-state index in [1.54, 1.807) is 22.9 Å². The first kappa shape index (κ1) is 12.8. The molecular weight excluding hydrogens is 230 g/mol. The fourth-order valence-electron chi connectivity index (χ4n) is 1.92. The average Bonchev–Trinajstić information content (AvgIpc) is 2.66. The van der Waals surface area contributed by atoms with Crippen LogP contribution in [0.2, 0.25) is 0 Å². The molecule has 0 atom stereocenters. The van der Waals surface area contributed by atoms with Gasteiger partial charge in [0.2, 0.25) is 0 Å². The van der Waals surface area contributed by atoms with Crippen molar-refractivity contribution in [1.29, 1.82) is 0 Å². The summed E-state index contributed by atoms with van der Waals surface area (Å²) in [6.45, 7) is 5.52. The lowest BCUT2D eigenvalue weighted by Gasteiger charge is -2.21. The summed E-state index contributed by atoms with van der Waals surface area (Å²) in [5, 5.41) is 0. The monoisotopic (exact) mass is 249 g/mol. The van der Waals surface area contributed by atoms with Crippen LogP contribution in [0, 0.1) is 5.41 Å². The van der Waals surface area contributed by atoms with Crippen LogP contribution in [0.3, 0.4) is 0 Å². The van der Waals surface area contributed by atoms with E-state index in [0.29, 0.717) is 24.3 Å². The molecule has 5 heteroatoms. The fraction of sp³-hybridized carbons (Fsp3) is 0.538. The quantitative estimate of drug-likeness (QED) is 0.876. The zero-order valence-electron chi connectivity index (χ0n) is 10.8. The summed E-state index contributed by atoms with van der Waals surface area (Å²) in [6, 6.07) is 3.51. The van der Waals surface area contributed by atoms with Crippen molar-refractivity contribution in [3.8, 4) is 0 Å². The summed E-state index contributed by atoms with van der Waals surface area (Å²) in [5.74, 6) is -0.339. The van der Waals surface area contributed by atoms with Crippen molar-refractivity contribution < 1.29 is 4.42 Å². The summed E-state index contributed by atoms with van der Waals surface area (Å²) in [7, 11) is 0. The molecule has 2 aromatic rings. The number of hydrogen-bond acceptors (Lipinski definition) is 4. The second kappa shape index (κ2) is 4.94. The highest BCUT2D eigenvalue weighted by molar-refractivity contribution is 5.67. The highest BCUT2D eigenvalue weighted by Crippen LogP contribution is 2.21. The molecule has 98 valence electrons. The third-order valence-corrected chi connectivity index (χ3v) is 3.21. The van der Waals surface area contributed by atoms with Gasteiger partial charge in [0.05, 0.1) is 0 Å². The Balaban J connectivity index is 2.13. The Morgan fingerprint density at radius 2 is 2.28 bits per heavy atom. The molecule has 2 aromatic heterocycles. The van der Waals surface area contributed by atoms with E-state index >= 15 is 0 Å². The van der Waals surface area contributed by atoms with Gasteiger partial charge in [-0.1, -0.05) is 13.8 Å². The molecule has 0 saturated carbocycles. The molecule has 2 N–H and O–H groups in total. The van der Waals surface area contributed by atoms with Gasteiger partial charge in [-0.3, -0.25) is 4.57 Å². The van der Waals surface area contributed by atoms with Crippen molar-refractivity contribution in [3.05, 3.63) is 28.9 Å². The van der Waals surface area contributed by atoms with Gasteiger partial charge in [-0.05, 0) is 36.9 Å². The zero-order valence-corrected chi connectivity index (χ0v) is 10.8. The van der Waals surface area contributed by atoms with Crippen molar-refractivity contribution >= 4 is 11.2 Å². The molecule has 18 heavy (non-hydrogen) atoms. The summed E-state index contributed by atoms with van der Waals surface area (Å²) in [5.41, 5.74) is 6.96. The number of pyridine rings is 1. The summed E-state index contributed by atoms with van der Waals surface area (Å²) in [6.07, 6.45) is 3.52. The highest BCUT2D eigenvalue weighted by atomic mass is 16.4. The van der Waals surface area contributed by atoms with Gasteiger partial charge >= 0.3 is 5.76 Å². The van der Waals surface area contributed by atoms with Crippen LogP contribution in [-0.2, 0) is 6.54 Å². The normalized spacial score (nSPS) is 12.2. The summed E-state index contributed by atoms with van der Waals surface area (Å²) < 4.78 is 6.71. The van der Waals surface area contributed by atoms with Gasteiger partial charge in [0.25, 0.3) is 0 Å². The molecule has 0 spiro atoms. The Bertz CT molecular complexity index is 583. The van der Waals surface area contributed by atoms with E-state index in [1.807, 2.05) is 0 Å². The Morgan fingerprint density at radius 3 is 3.00 bits per heavy atom. The molecule has 0 amide bonds. The molecule has 0 aliphatic rings. The molecule has 0 unspecified atom stereocenters. The number of nitrogens with zero attached hydrogens (tertiary/aromatic N) is 2. The second-order valence-electron chi connectivity index (χ2n) is 5.32. The maximum atomic E-state index is 11.7. The van der Waals surface area contributed by atoms with Gasteiger partial charge in [0.15, 0.2) is 11.2 Å². The van der Waals surface area contributed by atoms with Gasteiger partial charge < -0.3 is 10.2 Å². The van der Waals surface area contributed by atoms with E-state index in [9.17, 15) is 4.79 Å². The van der Waals surface area contributed by atoms with Crippen LogP contribution in [0.25, 0.3) is 11.2 Å². The van der Waals surface area contributed by atoms with E-state index in [-0.39, 0.29) is 11.2 Å². The molecule has 2 rings (SSSR count). The number of aryl methyl sites for hydroxylation is 1. The number of rotatable bonds is 5. The predicted octanol–water partition coefficient (Wildman–Crippen LogP) is 1.75. The molecule has 0 aliphatic heterocycles. The lowest BCUT2D eigenvalue weighted by atomic mass is 9.88. The predicted molar refractivity (Wildman–Crippen MR) is 70.3 cm³/mol. The molecule has 0 fully saturated rings. The number of hydrogen-bond donors (Lipinski definition) is 1. The lowest BCUT2D eigenvalue weighted by Crippen LogP contribution is -2.24. The number of oxazole rings is 1. The third kappa shape index (κ3) is 2.61. The first-order valence-electron chi connectivity index (χ1n) is 6.18. The van der Waals surface area contributed by atoms with Crippen LogP contribution in [0.1, 0.15) is 26.7 Å². The van der Waals surface area contributed by atoms with Crippen molar-refractivity contribution in [1.82, 2.24) is 9.55 Å². The van der Waals surface area contributed by atoms with E-state index in [4.69, 9.17) is 10.2 Å². The second-order valence-corrected chi connectivity index (χ2v) is 5.32. The Labute approximate surface area is 106 Å². The summed E-state index contributed by atoms with van der Waals surface area (Å²) in [4.78, 5) is 15.9. The molecule has 2 heterocycles. The standard InChI is InChI=1S/C13H19N3O2/c1-13(2,9-14)6-4-8-16-11-10(18-12(16)17)5-3-7-15-11/h3,5,7H,4,6,8-9,14H2,1-2H3. The van der Waals surface area contributed by atoms with Crippen LogP contribution in [0.15, 0.2) is 27.5 Å². The lowest BCUT2D eigenvalue weighted by molar-refractivity contribution is 0.325. The highest BCUT2D eigenvalue weighted by Gasteiger charge is 2.16. The molecule has 0 radical (unpaired) electrons. The van der Waals surface area contributed by atoms with E-state index in [2.05, 4.69) is 18.8 Å². The number of aromatic nitrogens is 2. The van der Waals surface area contributed by atoms with Gasteiger partial charge in [-0.2, -0.15) is 0 Å². The minimum absolute atomic E-state index is 0.108. The first-order chi connectivity index (χ1) is 8.53. The van der Waals surface area contributed by atoms with E-state index in [1.165, 1.54) is 0 Å². The topological polar surface area (TPSA) is 74.0 Å². The minimum Gasteiger partial charge on any atom is -0.406 e. The van der Waals surface area contributed by atoms with Crippen LogP contribution < -0.4 is 11.5 Å². The van der Waals surface area contributed by atoms with Gasteiger partial charge in [-0.15, -0.1) is 0 Å². The maximum Gasteiger partial charge on any atom is 0.421 e. The third-order valence-electron chi connectivity index (χ3n) is 3.21.